The molecule has 5 heteroatoms. The van der Waals surface area contributed by atoms with E-state index in [1.807, 2.05) is 0 Å². The van der Waals surface area contributed by atoms with Gasteiger partial charge in [0.05, 0.1) is 0 Å². The first-order valence-corrected chi connectivity index (χ1v) is 8.86. The molecule has 18 heavy (non-hydrogen) atoms. The lowest BCUT2D eigenvalue weighted by molar-refractivity contribution is -0.222. The van der Waals surface area contributed by atoms with Crippen molar-refractivity contribution in [2.24, 2.45) is 0 Å². The van der Waals surface area contributed by atoms with E-state index in [2.05, 4.69) is 6.92 Å². The van der Waals surface area contributed by atoms with Crippen LogP contribution in [0.2, 0.25) is 6.04 Å². The van der Waals surface area contributed by atoms with Gasteiger partial charge in [0.2, 0.25) is 14.5 Å². The minimum absolute atomic E-state index is 0.0257. The molecule has 0 bridgehead atoms. The quantitative estimate of drug-likeness (QED) is 0.503. The number of ether oxygens (including phenoxy) is 3. The lowest BCUT2D eigenvalue weighted by Gasteiger charge is -2.43. The highest BCUT2D eigenvalue weighted by atomic mass is 28.3. The molecule has 1 heterocycles. The summed E-state index contributed by atoms with van der Waals surface area (Å²) in [6, 6.07) is 1.10. The highest BCUT2D eigenvalue weighted by molar-refractivity contribution is 6.55. The molecule has 1 aliphatic rings. The molecule has 4 nitrogen and oxygen atoms in total. The fraction of sp³-hybridized carbons (Fsp3) is 1.00. The third-order valence-corrected chi connectivity index (χ3v) is 7.13. The molecule has 0 amide bonds. The fourth-order valence-electron chi connectivity index (χ4n) is 2.75. The Labute approximate surface area is 113 Å². The third-order valence-electron chi connectivity index (χ3n) is 3.82. The van der Waals surface area contributed by atoms with Crippen molar-refractivity contribution in [2.45, 2.75) is 56.6 Å². The van der Waals surface area contributed by atoms with Gasteiger partial charge >= 0.3 is 0 Å². The van der Waals surface area contributed by atoms with Crippen molar-refractivity contribution in [3.8, 4) is 0 Å². The molecule has 1 aliphatic heterocycles. The topological polar surface area (TPSA) is 36.9 Å². The number of hydrogen-bond acceptors (Lipinski definition) is 4. The van der Waals surface area contributed by atoms with E-state index < -0.39 is 14.5 Å². The zero-order chi connectivity index (χ0) is 13.4. The van der Waals surface area contributed by atoms with Crippen molar-refractivity contribution >= 4 is 9.04 Å². The van der Waals surface area contributed by atoms with Gasteiger partial charge in [-0.25, -0.2) is 0 Å². The van der Waals surface area contributed by atoms with Gasteiger partial charge in [0, 0.05) is 27.9 Å². The van der Waals surface area contributed by atoms with Crippen LogP contribution < -0.4 is 0 Å². The Morgan fingerprint density at radius 3 is 2.39 bits per heavy atom. The average molecular weight is 276 g/mol. The Kier molecular flexibility index (Phi) is 7.40. The SMILES string of the molecule is CCCCC(OC)C(OC)(OC)[SiH]1CCCCO1. The molecule has 0 aromatic carbocycles. The van der Waals surface area contributed by atoms with E-state index in [4.69, 9.17) is 18.6 Å². The zero-order valence-electron chi connectivity index (χ0n) is 12.2. The third kappa shape index (κ3) is 3.54. The van der Waals surface area contributed by atoms with Crippen LogP contribution >= 0.6 is 0 Å². The second-order valence-electron chi connectivity index (χ2n) is 4.85. The lowest BCUT2D eigenvalue weighted by Crippen LogP contribution is -2.60. The molecule has 0 aromatic rings. The van der Waals surface area contributed by atoms with Gasteiger partial charge < -0.3 is 18.6 Å². The highest BCUT2D eigenvalue weighted by Gasteiger charge is 2.49. The molecule has 0 radical (unpaired) electrons. The van der Waals surface area contributed by atoms with Crippen molar-refractivity contribution in [3.05, 3.63) is 0 Å². The van der Waals surface area contributed by atoms with Crippen LogP contribution in [0.1, 0.15) is 39.0 Å². The summed E-state index contributed by atoms with van der Waals surface area (Å²) >= 11 is 0. The van der Waals surface area contributed by atoms with E-state index >= 15 is 0 Å². The molecule has 2 atom stereocenters. The zero-order valence-corrected chi connectivity index (χ0v) is 13.4. The summed E-state index contributed by atoms with van der Waals surface area (Å²) in [7, 11) is 3.61. The van der Waals surface area contributed by atoms with Gasteiger partial charge in [-0.2, -0.15) is 0 Å². The second-order valence-corrected chi connectivity index (χ2v) is 7.54. The maximum Gasteiger partial charge on any atom is 0.245 e. The summed E-state index contributed by atoms with van der Waals surface area (Å²) in [6.45, 7) is 3.03. The van der Waals surface area contributed by atoms with Crippen LogP contribution in [-0.2, 0) is 18.6 Å². The summed E-state index contributed by atoms with van der Waals surface area (Å²) in [5, 5.41) is 0. The minimum atomic E-state index is -1.56. The molecule has 0 aromatic heterocycles. The van der Waals surface area contributed by atoms with Crippen molar-refractivity contribution in [1.29, 1.82) is 0 Å². The van der Waals surface area contributed by atoms with Gasteiger partial charge in [-0.05, 0) is 18.9 Å². The van der Waals surface area contributed by atoms with Gasteiger partial charge in [-0.15, -0.1) is 0 Å². The lowest BCUT2D eigenvalue weighted by atomic mass is 10.1. The molecule has 0 aliphatic carbocycles. The molecule has 1 rings (SSSR count). The summed E-state index contributed by atoms with van der Waals surface area (Å²) < 4.78 is 23.2. The molecule has 108 valence electrons. The molecule has 0 N–H and O–H groups in total. The Morgan fingerprint density at radius 2 is 1.94 bits per heavy atom. The van der Waals surface area contributed by atoms with Gasteiger partial charge in [0.1, 0.15) is 6.10 Å². The van der Waals surface area contributed by atoms with Gasteiger partial charge in [-0.3, -0.25) is 0 Å². The molecular weight excluding hydrogens is 248 g/mol. The largest absolute Gasteiger partial charge is 0.414 e. The van der Waals surface area contributed by atoms with Crippen LogP contribution in [0.15, 0.2) is 0 Å². The van der Waals surface area contributed by atoms with Gasteiger partial charge in [0.15, 0.2) is 0 Å². The highest BCUT2D eigenvalue weighted by Crippen LogP contribution is 2.31. The van der Waals surface area contributed by atoms with Crippen molar-refractivity contribution in [3.63, 3.8) is 0 Å². The first-order valence-electron chi connectivity index (χ1n) is 6.99. The maximum atomic E-state index is 6.00. The molecule has 1 saturated heterocycles. The van der Waals surface area contributed by atoms with Crippen LogP contribution in [-0.4, -0.2) is 48.5 Å². The predicted octanol–water partition coefficient (Wildman–Crippen LogP) is 2.25. The van der Waals surface area contributed by atoms with E-state index in [0.717, 1.165) is 38.3 Å². The van der Waals surface area contributed by atoms with E-state index in [9.17, 15) is 0 Å². The standard InChI is InChI=1S/C13H28O4Si/c1-5-6-9-12(14-2)13(15-3,16-4)18-11-8-7-10-17-18/h12,18H,5-11H2,1-4H3. The number of methoxy groups -OCH3 is 3. The summed E-state index contributed by atoms with van der Waals surface area (Å²) in [5.41, 5.74) is -0.635. The number of rotatable bonds is 8. The average Bonchev–Trinajstić information content (AvgIpc) is 2.45. The Hall–Kier alpha value is 0.0569. The first kappa shape index (κ1) is 16.1. The van der Waals surface area contributed by atoms with Crippen molar-refractivity contribution in [2.75, 3.05) is 27.9 Å². The molecule has 2 unspecified atom stereocenters. The molecule has 0 saturated carbocycles. The fourth-order valence-corrected chi connectivity index (χ4v) is 5.90. The van der Waals surface area contributed by atoms with E-state index in [1.54, 1.807) is 21.3 Å². The normalized spacial score (nSPS) is 23.0. The number of hydrogen-bond donors (Lipinski definition) is 0. The van der Waals surface area contributed by atoms with Crippen LogP contribution in [0.3, 0.4) is 0 Å². The van der Waals surface area contributed by atoms with Crippen LogP contribution in [0.25, 0.3) is 0 Å². The molecular formula is C13H28O4Si. The number of unbranched alkanes of at least 4 members (excludes halogenated alkanes) is 1. The van der Waals surface area contributed by atoms with E-state index in [0.29, 0.717) is 0 Å². The first-order chi connectivity index (χ1) is 8.75. The Balaban J connectivity index is 2.80. The second kappa shape index (κ2) is 8.27. The monoisotopic (exact) mass is 276 g/mol. The minimum Gasteiger partial charge on any atom is -0.414 e. The van der Waals surface area contributed by atoms with E-state index in [-0.39, 0.29) is 6.10 Å². The molecule has 0 spiro atoms. The Bertz CT molecular complexity index is 215. The smallest absolute Gasteiger partial charge is 0.245 e. The summed E-state index contributed by atoms with van der Waals surface area (Å²) in [6.07, 6.45) is 5.57. The van der Waals surface area contributed by atoms with Crippen molar-refractivity contribution in [1.82, 2.24) is 0 Å². The summed E-state index contributed by atoms with van der Waals surface area (Å²) in [5.74, 6) is 0. The van der Waals surface area contributed by atoms with Crippen LogP contribution in [0.4, 0.5) is 0 Å². The molecule has 1 fully saturated rings. The predicted molar refractivity (Wildman–Crippen MR) is 74.2 cm³/mol. The van der Waals surface area contributed by atoms with Crippen LogP contribution in [0.5, 0.6) is 0 Å². The maximum absolute atomic E-state index is 6.00. The van der Waals surface area contributed by atoms with Crippen molar-refractivity contribution < 1.29 is 18.6 Å². The van der Waals surface area contributed by atoms with Crippen LogP contribution in [0, 0.1) is 0 Å². The van der Waals surface area contributed by atoms with Gasteiger partial charge in [-0.1, -0.05) is 26.2 Å². The van der Waals surface area contributed by atoms with E-state index in [1.165, 1.54) is 6.42 Å². The Morgan fingerprint density at radius 1 is 1.22 bits per heavy atom. The van der Waals surface area contributed by atoms with Gasteiger partial charge in [0.25, 0.3) is 0 Å². The summed E-state index contributed by atoms with van der Waals surface area (Å²) in [4.78, 5) is 0.